The van der Waals surface area contributed by atoms with Gasteiger partial charge in [0.1, 0.15) is 0 Å². The largest absolute Gasteiger partial charge is 0.360 e. The highest BCUT2D eigenvalue weighted by atomic mass is 32.2. The predicted molar refractivity (Wildman–Crippen MR) is 58.0 cm³/mol. The first-order valence-electron chi connectivity index (χ1n) is 4.05. The zero-order valence-electron chi connectivity index (χ0n) is 7.22. The summed E-state index contributed by atoms with van der Waals surface area (Å²) in [5.41, 5.74) is 2.42. The zero-order chi connectivity index (χ0) is 9.03. The molecule has 1 saturated heterocycles. The third kappa shape index (κ3) is 2.80. The number of hydrazine groups is 1. The van der Waals surface area contributed by atoms with Crippen LogP contribution >= 0.6 is 24.0 Å². The molecule has 0 radical (unpaired) electrons. The summed E-state index contributed by atoms with van der Waals surface area (Å²) in [4.78, 5) is 0. The molecule has 0 aromatic rings. The van der Waals surface area contributed by atoms with E-state index in [9.17, 15) is 0 Å². The van der Waals surface area contributed by atoms with Crippen molar-refractivity contribution in [2.75, 3.05) is 12.3 Å². The Balaban J connectivity index is 2.25. The molecule has 0 aromatic heterocycles. The van der Waals surface area contributed by atoms with Crippen LogP contribution in [-0.4, -0.2) is 22.2 Å². The standard InChI is InChI=1S/C7H15N3S2/c1-7(3-2-4-12-7)5-9-6(11)10-8/h2-5,8H2,1H3,(H2,9,10,11). The first kappa shape index (κ1) is 10.1. The molecule has 1 fully saturated rings. The maximum absolute atomic E-state index is 5.14. The molecule has 1 unspecified atom stereocenters. The van der Waals surface area contributed by atoms with Crippen molar-refractivity contribution >= 4 is 29.1 Å². The van der Waals surface area contributed by atoms with Gasteiger partial charge in [-0.1, -0.05) is 0 Å². The molecule has 5 heteroatoms. The minimum atomic E-state index is 0.348. The van der Waals surface area contributed by atoms with Crippen LogP contribution in [-0.2, 0) is 0 Å². The highest BCUT2D eigenvalue weighted by molar-refractivity contribution is 8.00. The van der Waals surface area contributed by atoms with Gasteiger partial charge in [-0.05, 0) is 37.7 Å². The van der Waals surface area contributed by atoms with Gasteiger partial charge in [0.15, 0.2) is 5.11 Å². The Hall–Kier alpha value is -0.0000000000000000555. The normalized spacial score (nSPS) is 28.5. The lowest BCUT2D eigenvalue weighted by Crippen LogP contribution is -2.44. The van der Waals surface area contributed by atoms with E-state index in [2.05, 4.69) is 17.7 Å². The SMILES string of the molecule is CC1(CNC(=S)NN)CCCS1. The molecular weight excluding hydrogens is 190 g/mol. The summed E-state index contributed by atoms with van der Waals surface area (Å²) < 4.78 is 0.348. The fraction of sp³-hybridized carbons (Fsp3) is 0.857. The summed E-state index contributed by atoms with van der Waals surface area (Å²) in [6.07, 6.45) is 2.57. The summed E-state index contributed by atoms with van der Waals surface area (Å²) in [6, 6.07) is 0. The second kappa shape index (κ2) is 4.30. The Morgan fingerprint density at radius 1 is 1.75 bits per heavy atom. The predicted octanol–water partition coefficient (Wildman–Crippen LogP) is 0.610. The molecule has 1 heterocycles. The van der Waals surface area contributed by atoms with Crippen molar-refractivity contribution < 1.29 is 0 Å². The minimum absolute atomic E-state index is 0.348. The van der Waals surface area contributed by atoms with Crippen LogP contribution in [0, 0.1) is 0 Å². The lowest BCUT2D eigenvalue weighted by molar-refractivity contribution is 0.588. The molecule has 0 aliphatic carbocycles. The summed E-state index contributed by atoms with van der Waals surface area (Å²) in [5, 5.41) is 3.62. The van der Waals surface area contributed by atoms with Gasteiger partial charge in [-0.15, -0.1) is 0 Å². The number of hydrogen-bond acceptors (Lipinski definition) is 3. The maximum Gasteiger partial charge on any atom is 0.180 e. The van der Waals surface area contributed by atoms with Gasteiger partial charge >= 0.3 is 0 Å². The highest BCUT2D eigenvalue weighted by Gasteiger charge is 2.29. The first-order valence-corrected chi connectivity index (χ1v) is 5.44. The number of thiocarbonyl (C=S) groups is 1. The van der Waals surface area contributed by atoms with E-state index >= 15 is 0 Å². The second-order valence-corrected chi connectivity index (χ2v) is 5.32. The van der Waals surface area contributed by atoms with Gasteiger partial charge in [0, 0.05) is 11.3 Å². The monoisotopic (exact) mass is 205 g/mol. The van der Waals surface area contributed by atoms with E-state index in [-0.39, 0.29) is 0 Å². The molecule has 3 nitrogen and oxygen atoms in total. The van der Waals surface area contributed by atoms with Crippen LogP contribution in [0.3, 0.4) is 0 Å². The molecule has 0 spiro atoms. The first-order chi connectivity index (χ1) is 5.66. The molecule has 0 amide bonds. The van der Waals surface area contributed by atoms with Crippen LogP contribution in [0.15, 0.2) is 0 Å². The van der Waals surface area contributed by atoms with Crippen molar-refractivity contribution in [3.05, 3.63) is 0 Å². The average Bonchev–Trinajstić information content (AvgIpc) is 2.49. The summed E-state index contributed by atoms with van der Waals surface area (Å²) >= 11 is 6.89. The van der Waals surface area contributed by atoms with Gasteiger partial charge in [0.05, 0.1) is 0 Å². The van der Waals surface area contributed by atoms with Gasteiger partial charge in [-0.25, -0.2) is 5.84 Å². The van der Waals surface area contributed by atoms with Crippen LogP contribution < -0.4 is 16.6 Å². The number of nitrogens with two attached hydrogens (primary N) is 1. The third-order valence-corrected chi connectivity index (χ3v) is 3.85. The number of thioether (sulfide) groups is 1. The molecule has 0 saturated carbocycles. The van der Waals surface area contributed by atoms with E-state index in [0.717, 1.165) is 6.54 Å². The van der Waals surface area contributed by atoms with Gasteiger partial charge < -0.3 is 10.7 Å². The van der Waals surface area contributed by atoms with E-state index in [0.29, 0.717) is 9.86 Å². The van der Waals surface area contributed by atoms with Crippen molar-refractivity contribution in [1.29, 1.82) is 0 Å². The Morgan fingerprint density at radius 2 is 2.50 bits per heavy atom. The number of nitrogens with one attached hydrogen (secondary N) is 2. The molecule has 70 valence electrons. The summed E-state index contributed by atoms with van der Waals surface area (Å²) in [6.45, 7) is 3.16. The van der Waals surface area contributed by atoms with Crippen LogP contribution in [0.25, 0.3) is 0 Å². The molecule has 1 rings (SSSR count). The van der Waals surface area contributed by atoms with Gasteiger partial charge in [-0.3, -0.25) is 0 Å². The Kier molecular flexibility index (Phi) is 3.61. The molecule has 0 bridgehead atoms. The van der Waals surface area contributed by atoms with Crippen LogP contribution in [0.1, 0.15) is 19.8 Å². The van der Waals surface area contributed by atoms with E-state index in [1.54, 1.807) is 0 Å². The van der Waals surface area contributed by atoms with Gasteiger partial charge in [0.2, 0.25) is 0 Å². The molecule has 1 aliphatic rings. The van der Waals surface area contributed by atoms with E-state index in [1.165, 1.54) is 18.6 Å². The van der Waals surface area contributed by atoms with E-state index in [4.69, 9.17) is 18.1 Å². The van der Waals surface area contributed by atoms with E-state index in [1.807, 2.05) is 11.8 Å². The van der Waals surface area contributed by atoms with Crippen molar-refractivity contribution in [1.82, 2.24) is 10.7 Å². The molecule has 1 atom stereocenters. The highest BCUT2D eigenvalue weighted by Crippen LogP contribution is 2.36. The fourth-order valence-electron chi connectivity index (χ4n) is 1.29. The number of rotatable bonds is 2. The van der Waals surface area contributed by atoms with Crippen LogP contribution in [0.5, 0.6) is 0 Å². The van der Waals surface area contributed by atoms with Crippen molar-refractivity contribution in [2.45, 2.75) is 24.5 Å². The topological polar surface area (TPSA) is 50.1 Å². The average molecular weight is 205 g/mol. The van der Waals surface area contributed by atoms with Gasteiger partial charge in [-0.2, -0.15) is 11.8 Å². The van der Waals surface area contributed by atoms with Crippen LogP contribution in [0.2, 0.25) is 0 Å². The Labute approximate surface area is 82.8 Å². The van der Waals surface area contributed by atoms with Crippen molar-refractivity contribution in [2.24, 2.45) is 5.84 Å². The summed E-state index contributed by atoms with van der Waals surface area (Å²) in [5.74, 6) is 6.40. The molecular formula is C7H15N3S2. The Morgan fingerprint density at radius 3 is 3.00 bits per heavy atom. The smallest absolute Gasteiger partial charge is 0.180 e. The molecule has 4 N–H and O–H groups in total. The lowest BCUT2D eigenvalue weighted by Gasteiger charge is -2.23. The zero-order valence-corrected chi connectivity index (χ0v) is 8.86. The van der Waals surface area contributed by atoms with Gasteiger partial charge in [0.25, 0.3) is 0 Å². The third-order valence-electron chi connectivity index (χ3n) is 2.05. The lowest BCUT2D eigenvalue weighted by atomic mass is 10.1. The summed E-state index contributed by atoms with van der Waals surface area (Å²) in [7, 11) is 0. The Bertz CT molecular complexity index is 166. The quantitative estimate of drug-likeness (QED) is 0.350. The minimum Gasteiger partial charge on any atom is -0.360 e. The second-order valence-electron chi connectivity index (χ2n) is 3.23. The van der Waals surface area contributed by atoms with Crippen molar-refractivity contribution in [3.63, 3.8) is 0 Å². The molecule has 0 aromatic carbocycles. The fourth-order valence-corrected chi connectivity index (χ4v) is 2.61. The molecule has 12 heavy (non-hydrogen) atoms. The van der Waals surface area contributed by atoms with E-state index < -0.39 is 0 Å². The van der Waals surface area contributed by atoms with Crippen molar-refractivity contribution in [3.8, 4) is 0 Å². The molecule has 1 aliphatic heterocycles. The number of hydrogen-bond donors (Lipinski definition) is 3. The van der Waals surface area contributed by atoms with Crippen LogP contribution in [0.4, 0.5) is 0 Å². The maximum atomic E-state index is 5.14.